The van der Waals surface area contributed by atoms with Gasteiger partial charge in [-0.1, -0.05) is 72.8 Å². The maximum atomic E-state index is 13.9. The van der Waals surface area contributed by atoms with Crippen LogP contribution in [0.4, 0.5) is 0 Å². The Morgan fingerprint density at radius 3 is 1.56 bits per heavy atom. The Balaban J connectivity index is 1.33. The van der Waals surface area contributed by atoms with Crippen LogP contribution in [0.25, 0.3) is 11.0 Å². The van der Waals surface area contributed by atoms with Gasteiger partial charge in [-0.25, -0.2) is 24.0 Å². The first-order valence-corrected chi connectivity index (χ1v) is 19.3. The zero-order valence-electron chi connectivity index (χ0n) is 33.2. The van der Waals surface area contributed by atoms with Gasteiger partial charge in [0.2, 0.25) is 12.4 Å². The van der Waals surface area contributed by atoms with E-state index in [1.165, 1.54) is 66.7 Å². The Hall–Kier alpha value is -7.78. The fourth-order valence-electron chi connectivity index (χ4n) is 6.48. The first-order chi connectivity index (χ1) is 30.1. The second-order valence-electron chi connectivity index (χ2n) is 13.6. The van der Waals surface area contributed by atoms with Gasteiger partial charge in [-0.3, -0.25) is 4.79 Å². The Kier molecular flexibility index (Phi) is 13.3. The highest BCUT2D eigenvalue weighted by atomic mass is 16.7. The van der Waals surface area contributed by atoms with Gasteiger partial charge in [-0.15, -0.1) is 0 Å². The molecule has 5 aromatic carbocycles. The lowest BCUT2D eigenvalue weighted by molar-refractivity contribution is -0.275. The van der Waals surface area contributed by atoms with E-state index in [1.807, 2.05) is 0 Å². The predicted octanol–water partition coefficient (Wildman–Crippen LogP) is 6.75. The maximum Gasteiger partial charge on any atom is 0.383 e. The first kappa shape index (κ1) is 42.3. The molecular weight excluding hydrogens is 805 g/mol. The molecule has 2 heterocycles. The number of carbonyl (C=O) groups is 5. The zero-order chi connectivity index (χ0) is 43.6. The lowest BCUT2D eigenvalue weighted by atomic mass is 9.97. The van der Waals surface area contributed by atoms with E-state index in [0.717, 1.165) is 6.92 Å². The predicted molar refractivity (Wildman–Crippen MR) is 218 cm³/mol. The smallest absolute Gasteiger partial charge is 0.383 e. The zero-order valence-corrected chi connectivity index (χ0v) is 33.2. The third-order valence-electron chi connectivity index (χ3n) is 9.32. The average molecular weight is 843 g/mol. The van der Waals surface area contributed by atoms with Crippen molar-refractivity contribution in [1.82, 2.24) is 0 Å². The van der Waals surface area contributed by atoms with Gasteiger partial charge in [0.1, 0.15) is 24.0 Å². The highest BCUT2D eigenvalue weighted by Gasteiger charge is 2.54. The van der Waals surface area contributed by atoms with Gasteiger partial charge in [0.25, 0.3) is 5.75 Å². The molecule has 1 aromatic heterocycles. The molecule has 0 unspecified atom stereocenters. The van der Waals surface area contributed by atoms with Gasteiger partial charge >= 0.3 is 35.5 Å². The van der Waals surface area contributed by atoms with Crippen molar-refractivity contribution in [3.8, 4) is 17.2 Å². The Labute approximate surface area is 353 Å². The molecule has 1 saturated heterocycles. The van der Waals surface area contributed by atoms with Crippen molar-refractivity contribution in [3.05, 3.63) is 172 Å². The first-order valence-electron chi connectivity index (χ1n) is 19.3. The molecule has 316 valence electrons. The molecule has 0 amide bonds. The van der Waals surface area contributed by atoms with Gasteiger partial charge in [-0.2, -0.15) is 0 Å². The lowest BCUT2D eigenvalue weighted by Crippen LogP contribution is -2.63. The van der Waals surface area contributed by atoms with Crippen molar-refractivity contribution in [2.24, 2.45) is 0 Å². The van der Waals surface area contributed by atoms with Crippen molar-refractivity contribution in [2.75, 3.05) is 13.2 Å². The molecular formula is C47H38O15. The molecule has 0 spiro atoms. The molecule has 0 aliphatic carbocycles. The minimum Gasteiger partial charge on any atom is -0.489 e. The number of esters is 5. The van der Waals surface area contributed by atoms with E-state index in [-0.39, 0.29) is 51.3 Å². The van der Waals surface area contributed by atoms with Crippen LogP contribution in [0.3, 0.4) is 0 Å². The van der Waals surface area contributed by atoms with E-state index in [0.29, 0.717) is 0 Å². The normalized spacial score (nSPS) is 18.1. The van der Waals surface area contributed by atoms with Crippen molar-refractivity contribution < 1.29 is 66.3 Å². The second kappa shape index (κ2) is 19.5. The molecule has 62 heavy (non-hydrogen) atoms. The Bertz CT molecular complexity index is 2600. The van der Waals surface area contributed by atoms with Crippen LogP contribution in [0.15, 0.2) is 149 Å². The Morgan fingerprint density at radius 1 is 0.581 bits per heavy atom. The minimum atomic E-state index is -1.70. The summed E-state index contributed by atoms with van der Waals surface area (Å²) >= 11 is 0. The molecule has 15 nitrogen and oxygen atoms in total. The molecule has 1 fully saturated rings. The van der Waals surface area contributed by atoms with Gasteiger partial charge in [0, 0.05) is 13.0 Å². The highest BCUT2D eigenvalue weighted by Crippen LogP contribution is 2.37. The molecule has 0 saturated carbocycles. The quantitative estimate of drug-likeness (QED) is 0.0635. The summed E-state index contributed by atoms with van der Waals surface area (Å²) in [6.45, 7) is 2.31. The number of hydrogen-bond donors (Lipinski definition) is 0. The van der Waals surface area contributed by atoms with Crippen molar-refractivity contribution in [2.45, 2.75) is 44.6 Å². The Morgan fingerprint density at radius 2 is 1.06 bits per heavy atom. The van der Waals surface area contributed by atoms with Crippen LogP contribution in [0, 0.1) is 0 Å². The minimum absolute atomic E-state index is 0.0259. The summed E-state index contributed by atoms with van der Waals surface area (Å²) in [4.78, 5) is 79.8. The number of carbonyl (C=O) groups excluding carboxylic acids is 5. The van der Waals surface area contributed by atoms with Gasteiger partial charge in [-0.05, 0) is 67.6 Å². The van der Waals surface area contributed by atoms with Crippen LogP contribution < -0.4 is 19.8 Å². The summed E-state index contributed by atoms with van der Waals surface area (Å²) in [6.07, 6.45) is -8.11. The number of hydrogen-bond acceptors (Lipinski definition) is 15. The summed E-state index contributed by atoms with van der Waals surface area (Å²) in [5, 5.41) is 0.236. The molecule has 5 atom stereocenters. The molecule has 0 radical (unpaired) electrons. The molecule has 6 aromatic rings. The lowest BCUT2D eigenvalue weighted by Gasteiger charge is -2.44. The van der Waals surface area contributed by atoms with Crippen LogP contribution in [-0.4, -0.2) is 73.8 Å². The second-order valence-corrected chi connectivity index (χ2v) is 13.6. The van der Waals surface area contributed by atoms with E-state index in [4.69, 9.17) is 42.3 Å². The van der Waals surface area contributed by atoms with Crippen molar-refractivity contribution in [1.29, 1.82) is 0 Å². The fraction of sp³-hybridized carbons (Fsp3) is 0.191. The maximum absolute atomic E-state index is 13.9. The molecule has 1 aliphatic rings. The van der Waals surface area contributed by atoms with E-state index < -0.39 is 78.5 Å². The van der Waals surface area contributed by atoms with Crippen LogP contribution in [0.1, 0.15) is 55.3 Å². The molecule has 0 N–H and O–H groups in total. The summed E-state index contributed by atoms with van der Waals surface area (Å²) in [5.74, 6) is -4.70. The van der Waals surface area contributed by atoms with Crippen LogP contribution in [0.2, 0.25) is 0 Å². The van der Waals surface area contributed by atoms with Gasteiger partial charge in [0.15, 0.2) is 18.0 Å². The monoisotopic (exact) mass is 842 g/mol. The molecule has 0 bridgehead atoms. The fourth-order valence-corrected chi connectivity index (χ4v) is 6.48. The van der Waals surface area contributed by atoms with Crippen LogP contribution in [0.5, 0.6) is 17.2 Å². The summed E-state index contributed by atoms with van der Waals surface area (Å²) in [6, 6.07) is 36.1. The van der Waals surface area contributed by atoms with E-state index in [9.17, 15) is 28.8 Å². The molecule has 7 rings (SSSR count). The number of benzene rings is 5. The molecule has 15 heteroatoms. The largest absolute Gasteiger partial charge is 0.489 e. The topological polar surface area (TPSA) is 189 Å². The number of fused-ring (bicyclic) bond motifs is 1. The average Bonchev–Trinajstić information content (AvgIpc) is 3.29. The van der Waals surface area contributed by atoms with Crippen molar-refractivity contribution in [3.63, 3.8) is 0 Å². The number of ether oxygens (including phenoxy) is 8. The van der Waals surface area contributed by atoms with Crippen LogP contribution >= 0.6 is 0 Å². The summed E-state index contributed by atoms with van der Waals surface area (Å²) in [5.41, 5.74) is -0.540. The van der Waals surface area contributed by atoms with E-state index in [1.54, 1.807) is 79.7 Å². The summed E-state index contributed by atoms with van der Waals surface area (Å²) in [7, 11) is 0. The van der Waals surface area contributed by atoms with E-state index >= 15 is 0 Å². The third-order valence-corrected chi connectivity index (χ3v) is 9.32. The highest BCUT2D eigenvalue weighted by molar-refractivity contribution is 5.92. The molecule has 1 aliphatic heterocycles. The van der Waals surface area contributed by atoms with Gasteiger partial charge < -0.3 is 42.3 Å². The van der Waals surface area contributed by atoms with Gasteiger partial charge in [0.05, 0.1) is 34.2 Å². The van der Waals surface area contributed by atoms with Crippen LogP contribution in [-0.2, 0) is 28.5 Å². The van der Waals surface area contributed by atoms with Crippen molar-refractivity contribution >= 4 is 40.8 Å². The summed E-state index contributed by atoms with van der Waals surface area (Å²) < 4.78 is 53.1. The third kappa shape index (κ3) is 9.97. The standard InChI is InChI=1S/C47H38O15/c1-3-54-37-34-25-24-33(26-35(34)58-46(53)40(37)56-28(2)48)57-47-41(62-45(52)32-22-14-7-15-23-32)39(61-44(51)31-20-12-6-13-21-31)38(60-43(50)30-18-10-5-11-19-30)36(59-47)27-55-42(49)29-16-8-4-9-17-29/h4-26,36,38-39,41,47H,3,27H2,1-2H3/t36-,38-,39+,41+,47+/m1/s1. The number of rotatable bonds is 14. The van der Waals surface area contributed by atoms with E-state index in [2.05, 4.69) is 0 Å². The SMILES string of the molecule is CCOc1c(OC(C)=O)c(=O)oc2cc(O[C@H]3O[C@H](COC(=O)c4ccccc4)[C@@H](OC(=O)c4ccccc4)[C@H](OC(=O)c4ccccc4)[C@@H]3OC(=O)c3ccccc3)ccc12.